The summed E-state index contributed by atoms with van der Waals surface area (Å²) in [7, 11) is 0. The molecule has 6 nitrogen and oxygen atoms in total. The number of carbonyl (C=O) groups is 2. The fourth-order valence-corrected chi connectivity index (χ4v) is 11.1. The number of aliphatic hydroxyl groups is 2. The van der Waals surface area contributed by atoms with Crippen molar-refractivity contribution < 1.29 is 24.5 Å². The molecule has 0 fully saturated rings. The number of nitrogens with one attached hydrogen (secondary N) is 1. The lowest BCUT2D eigenvalue weighted by Gasteiger charge is -2.20. The fraction of sp³-hybridized carbons (Fsp3) is 0.915. The Hall–Kier alpha value is -1.66. The molecule has 1 amide bonds. The van der Waals surface area contributed by atoms with E-state index in [1.165, 1.54) is 321 Å². The Morgan fingerprint density at radius 1 is 0.351 bits per heavy atom. The molecule has 0 radical (unpaired) electrons. The SMILES string of the molecule is CCCCCC/C=C\CCCCCCCC(=O)OCCCCCCCCCCCCCCCCCCCCCCCCCCCCCCCCCCCC(=O)NC(CO)C(O)/C=C/CCCCCCCCCCCCCC. The summed E-state index contributed by atoms with van der Waals surface area (Å²) in [5.41, 5.74) is 0. The van der Waals surface area contributed by atoms with Gasteiger partial charge in [0.25, 0.3) is 0 Å². The van der Waals surface area contributed by atoms with Crippen LogP contribution in [0.2, 0.25) is 0 Å². The number of ether oxygens (including phenoxy) is 1. The number of hydrogen-bond acceptors (Lipinski definition) is 5. The van der Waals surface area contributed by atoms with Gasteiger partial charge in [-0.2, -0.15) is 0 Å². The summed E-state index contributed by atoms with van der Waals surface area (Å²) >= 11 is 0. The minimum Gasteiger partial charge on any atom is -0.466 e. The smallest absolute Gasteiger partial charge is 0.305 e. The lowest BCUT2D eigenvalue weighted by atomic mass is 10.0. The van der Waals surface area contributed by atoms with E-state index in [0.717, 1.165) is 44.9 Å². The number of allylic oxidation sites excluding steroid dienone is 3. The first-order valence-electron chi connectivity index (χ1n) is 35.1. The summed E-state index contributed by atoms with van der Waals surface area (Å²) in [6, 6.07) is -0.623. The van der Waals surface area contributed by atoms with Crippen LogP contribution in [-0.2, 0) is 14.3 Å². The van der Waals surface area contributed by atoms with Crippen molar-refractivity contribution in [3.63, 3.8) is 0 Å². The number of rotatable bonds is 66. The maximum Gasteiger partial charge on any atom is 0.305 e. The Bertz CT molecular complexity index is 1200. The largest absolute Gasteiger partial charge is 0.466 e. The molecule has 0 aromatic rings. The van der Waals surface area contributed by atoms with Crippen LogP contribution in [0.3, 0.4) is 0 Å². The molecule has 2 atom stereocenters. The van der Waals surface area contributed by atoms with Gasteiger partial charge in [0.15, 0.2) is 0 Å². The number of unbranched alkanes of at least 4 members (excludes halogenated alkanes) is 53. The van der Waals surface area contributed by atoms with Crippen LogP contribution in [0.5, 0.6) is 0 Å². The summed E-state index contributed by atoms with van der Waals surface area (Å²) in [6.45, 7) is 4.91. The zero-order chi connectivity index (χ0) is 55.7. The van der Waals surface area contributed by atoms with Crippen molar-refractivity contribution in [3.8, 4) is 0 Å². The van der Waals surface area contributed by atoms with Gasteiger partial charge in [-0.25, -0.2) is 0 Å². The van der Waals surface area contributed by atoms with Crippen molar-refractivity contribution in [2.24, 2.45) is 0 Å². The van der Waals surface area contributed by atoms with Crippen molar-refractivity contribution in [3.05, 3.63) is 24.3 Å². The van der Waals surface area contributed by atoms with Gasteiger partial charge < -0.3 is 20.3 Å². The first kappa shape index (κ1) is 75.3. The molecule has 0 aliphatic carbocycles. The Morgan fingerprint density at radius 2 is 0.610 bits per heavy atom. The molecule has 2 unspecified atom stereocenters. The molecule has 6 heteroatoms. The monoisotopic (exact) mass is 1080 g/mol. The molecule has 0 aromatic heterocycles. The van der Waals surface area contributed by atoms with Gasteiger partial charge in [0.05, 0.1) is 25.4 Å². The molecule has 0 rings (SSSR count). The van der Waals surface area contributed by atoms with E-state index in [1.807, 2.05) is 6.08 Å². The first-order chi connectivity index (χ1) is 38.0. The Morgan fingerprint density at radius 3 is 0.935 bits per heavy atom. The van der Waals surface area contributed by atoms with Crippen LogP contribution in [0, 0.1) is 0 Å². The van der Waals surface area contributed by atoms with Crippen LogP contribution < -0.4 is 5.32 Å². The highest BCUT2D eigenvalue weighted by Gasteiger charge is 2.18. The van der Waals surface area contributed by atoms with E-state index in [1.54, 1.807) is 6.08 Å². The number of amides is 1. The lowest BCUT2D eigenvalue weighted by molar-refractivity contribution is -0.143. The maximum absolute atomic E-state index is 12.5. The van der Waals surface area contributed by atoms with E-state index in [4.69, 9.17) is 4.74 Å². The van der Waals surface area contributed by atoms with Gasteiger partial charge in [-0.05, 0) is 57.8 Å². The Kier molecular flexibility index (Phi) is 65.4. The van der Waals surface area contributed by atoms with Gasteiger partial charge in [0, 0.05) is 12.8 Å². The third-order valence-electron chi connectivity index (χ3n) is 16.5. The Labute approximate surface area is 481 Å². The number of aliphatic hydroxyl groups excluding tert-OH is 2. The van der Waals surface area contributed by atoms with Crippen molar-refractivity contribution in [2.75, 3.05) is 13.2 Å². The number of hydrogen-bond donors (Lipinski definition) is 3. The zero-order valence-electron chi connectivity index (χ0n) is 52.2. The van der Waals surface area contributed by atoms with Crippen LogP contribution in [-0.4, -0.2) is 47.4 Å². The second-order valence-corrected chi connectivity index (χ2v) is 24.2. The third-order valence-corrected chi connectivity index (χ3v) is 16.5. The molecular formula is C71H137NO5. The molecule has 0 bridgehead atoms. The highest BCUT2D eigenvalue weighted by molar-refractivity contribution is 5.76. The van der Waals surface area contributed by atoms with Gasteiger partial charge in [0.1, 0.15) is 0 Å². The quantitative estimate of drug-likeness (QED) is 0.0320. The topological polar surface area (TPSA) is 95.9 Å². The van der Waals surface area contributed by atoms with E-state index in [2.05, 4.69) is 31.3 Å². The van der Waals surface area contributed by atoms with Crippen LogP contribution in [0.4, 0.5) is 0 Å². The van der Waals surface area contributed by atoms with Crippen molar-refractivity contribution >= 4 is 11.9 Å². The molecule has 0 saturated heterocycles. The molecular weight excluding hydrogens is 947 g/mol. The Balaban J connectivity index is 3.32. The summed E-state index contributed by atoms with van der Waals surface area (Å²) in [4.78, 5) is 24.5. The minimum atomic E-state index is -0.840. The van der Waals surface area contributed by atoms with Crippen molar-refractivity contribution in [1.82, 2.24) is 5.32 Å². The lowest BCUT2D eigenvalue weighted by Crippen LogP contribution is -2.45. The number of carbonyl (C=O) groups excluding carboxylic acids is 2. The third kappa shape index (κ3) is 63.4. The standard InChI is InChI=1S/C71H137NO5/c1-3-5-7-9-11-13-15-17-40-43-47-51-55-59-63-69(74)68(67-73)72-70(75)64-60-56-52-48-44-41-37-35-33-31-29-27-25-23-21-19-18-20-22-24-26-28-30-32-34-36-38-42-46-50-54-58-62-66-77-71(76)65-61-57-53-49-45-39-16-14-12-10-8-6-4-2/h14,16,59,63,68-69,73-74H,3-13,15,17-58,60-62,64-67H2,1-2H3,(H,72,75)/b16-14-,63-59+. The number of esters is 1. The predicted molar refractivity (Wildman–Crippen MR) is 338 cm³/mol. The first-order valence-corrected chi connectivity index (χ1v) is 35.1. The molecule has 0 aromatic carbocycles. The van der Waals surface area contributed by atoms with Crippen molar-refractivity contribution in [1.29, 1.82) is 0 Å². The molecule has 0 spiro atoms. The molecule has 0 aliphatic heterocycles. The average molecular weight is 1080 g/mol. The van der Waals surface area contributed by atoms with E-state index >= 15 is 0 Å². The molecule has 77 heavy (non-hydrogen) atoms. The summed E-state index contributed by atoms with van der Waals surface area (Å²) in [6.07, 6.45) is 84.1. The second-order valence-electron chi connectivity index (χ2n) is 24.2. The van der Waals surface area contributed by atoms with Gasteiger partial charge in [-0.3, -0.25) is 9.59 Å². The van der Waals surface area contributed by atoms with Crippen LogP contribution in [0.1, 0.15) is 393 Å². The van der Waals surface area contributed by atoms with Crippen LogP contribution in [0.15, 0.2) is 24.3 Å². The summed E-state index contributed by atoms with van der Waals surface area (Å²) in [5, 5.41) is 23.1. The summed E-state index contributed by atoms with van der Waals surface area (Å²) in [5.74, 6) is -0.0485. The van der Waals surface area contributed by atoms with Gasteiger partial charge >= 0.3 is 5.97 Å². The van der Waals surface area contributed by atoms with Crippen LogP contribution in [0.25, 0.3) is 0 Å². The van der Waals surface area contributed by atoms with Crippen molar-refractivity contribution in [2.45, 2.75) is 405 Å². The normalized spacial score (nSPS) is 12.6. The predicted octanol–water partition coefficient (Wildman–Crippen LogP) is 22.5. The second kappa shape index (κ2) is 66.8. The van der Waals surface area contributed by atoms with Gasteiger partial charge in [0.2, 0.25) is 5.91 Å². The van der Waals surface area contributed by atoms with E-state index in [-0.39, 0.29) is 18.5 Å². The maximum atomic E-state index is 12.5. The van der Waals surface area contributed by atoms with Gasteiger partial charge in [-0.1, -0.05) is 346 Å². The van der Waals surface area contributed by atoms with Gasteiger partial charge in [-0.15, -0.1) is 0 Å². The highest BCUT2D eigenvalue weighted by Crippen LogP contribution is 2.19. The highest BCUT2D eigenvalue weighted by atomic mass is 16.5. The molecule has 0 aliphatic rings. The van der Waals surface area contributed by atoms with Crippen LogP contribution >= 0.6 is 0 Å². The van der Waals surface area contributed by atoms with E-state index in [0.29, 0.717) is 19.4 Å². The van der Waals surface area contributed by atoms with E-state index in [9.17, 15) is 19.8 Å². The molecule has 3 N–H and O–H groups in total. The summed E-state index contributed by atoms with van der Waals surface area (Å²) < 4.78 is 5.48. The molecule has 456 valence electrons. The molecule has 0 heterocycles. The van der Waals surface area contributed by atoms with E-state index < -0.39 is 12.1 Å². The molecule has 0 saturated carbocycles. The minimum absolute atomic E-state index is 0.0126. The average Bonchev–Trinajstić information content (AvgIpc) is 3.43. The zero-order valence-corrected chi connectivity index (χ0v) is 52.2. The fourth-order valence-electron chi connectivity index (χ4n) is 11.1.